The van der Waals surface area contributed by atoms with Crippen LogP contribution in [-0.4, -0.2) is 39.3 Å². The van der Waals surface area contributed by atoms with Crippen molar-refractivity contribution in [1.29, 1.82) is 0 Å². The van der Waals surface area contributed by atoms with Crippen molar-refractivity contribution in [3.8, 4) is 23.0 Å². The van der Waals surface area contributed by atoms with Crippen LogP contribution in [0.2, 0.25) is 0 Å². The van der Waals surface area contributed by atoms with Crippen LogP contribution in [0.15, 0.2) is 41.0 Å². The number of hydrogen-bond donors (Lipinski definition) is 2. The van der Waals surface area contributed by atoms with Gasteiger partial charge in [-0.25, -0.2) is 0 Å². The molecule has 1 atom stereocenters. The average molecular weight is 367 g/mol. The topological polar surface area (TPSA) is 91.6 Å². The summed E-state index contributed by atoms with van der Waals surface area (Å²) in [5.74, 6) is 0.988. The summed E-state index contributed by atoms with van der Waals surface area (Å²) in [5.41, 5.74) is 2.74. The number of hydrogen-bond acceptors (Lipinski definition) is 5. The number of fused-ring (bicyclic) bond motifs is 1. The zero-order valence-electron chi connectivity index (χ0n) is 15.2. The minimum atomic E-state index is -0.328. The van der Waals surface area contributed by atoms with Gasteiger partial charge in [0.25, 0.3) is 5.91 Å². The molecular formula is C20H21N3O4. The lowest BCUT2D eigenvalue weighted by Crippen LogP contribution is -2.30. The van der Waals surface area contributed by atoms with Gasteiger partial charge in [-0.15, -0.1) is 0 Å². The smallest absolute Gasteiger partial charge is 0.275 e. The van der Waals surface area contributed by atoms with Gasteiger partial charge in [0.1, 0.15) is 5.69 Å². The molecular weight excluding hydrogens is 346 g/mol. The van der Waals surface area contributed by atoms with E-state index in [4.69, 9.17) is 9.15 Å². The molecule has 2 N–H and O–H groups in total. The van der Waals surface area contributed by atoms with Gasteiger partial charge in [0.2, 0.25) is 0 Å². The van der Waals surface area contributed by atoms with Gasteiger partial charge in [-0.3, -0.25) is 9.89 Å². The van der Waals surface area contributed by atoms with Gasteiger partial charge in [0, 0.05) is 12.1 Å². The summed E-state index contributed by atoms with van der Waals surface area (Å²) >= 11 is 0. The summed E-state index contributed by atoms with van der Waals surface area (Å²) in [6.07, 6.45) is 2.41. The second kappa shape index (κ2) is 6.83. The van der Waals surface area contributed by atoms with Crippen LogP contribution in [0.3, 0.4) is 0 Å². The van der Waals surface area contributed by atoms with E-state index in [0.717, 1.165) is 17.5 Å². The first kappa shape index (κ1) is 17.2. The van der Waals surface area contributed by atoms with Crippen LogP contribution in [0.5, 0.6) is 11.5 Å². The van der Waals surface area contributed by atoms with E-state index in [0.29, 0.717) is 36.0 Å². The third kappa shape index (κ3) is 2.75. The lowest BCUT2D eigenvalue weighted by molar-refractivity contribution is 0.0743. The fourth-order valence-corrected chi connectivity index (χ4v) is 3.59. The Balaban J connectivity index is 1.87. The largest absolute Gasteiger partial charge is 0.504 e. The number of phenolic OH excluding ortho intramolecular Hbond substituents is 1. The van der Waals surface area contributed by atoms with Crippen LogP contribution in [0.4, 0.5) is 0 Å². The van der Waals surface area contributed by atoms with E-state index in [1.54, 1.807) is 29.4 Å². The van der Waals surface area contributed by atoms with Crippen LogP contribution in [-0.2, 0) is 0 Å². The monoisotopic (exact) mass is 367 g/mol. The number of carbonyl (C=O) groups is 1. The second-order valence-corrected chi connectivity index (χ2v) is 6.40. The minimum Gasteiger partial charge on any atom is -0.504 e. The van der Waals surface area contributed by atoms with E-state index in [9.17, 15) is 9.90 Å². The van der Waals surface area contributed by atoms with E-state index < -0.39 is 0 Å². The molecule has 2 aromatic heterocycles. The van der Waals surface area contributed by atoms with E-state index in [-0.39, 0.29) is 17.7 Å². The summed E-state index contributed by atoms with van der Waals surface area (Å²) in [5, 5.41) is 17.3. The number of benzene rings is 1. The normalized spacial score (nSPS) is 16.0. The Morgan fingerprint density at radius 1 is 1.33 bits per heavy atom. The molecule has 27 heavy (non-hydrogen) atoms. The number of aromatic hydroxyl groups is 1. The molecule has 0 saturated carbocycles. The number of aromatic amines is 1. The third-order valence-corrected chi connectivity index (χ3v) is 4.68. The minimum absolute atomic E-state index is 0.0747. The number of ether oxygens (including phenoxy) is 1. The van der Waals surface area contributed by atoms with Gasteiger partial charge in [0.05, 0.1) is 18.9 Å². The molecule has 3 heterocycles. The van der Waals surface area contributed by atoms with Gasteiger partial charge >= 0.3 is 0 Å². The average Bonchev–Trinajstić information content (AvgIpc) is 3.37. The van der Waals surface area contributed by atoms with Gasteiger partial charge in [-0.2, -0.15) is 5.10 Å². The van der Waals surface area contributed by atoms with Crippen molar-refractivity contribution in [2.45, 2.75) is 26.3 Å². The second-order valence-electron chi connectivity index (χ2n) is 6.40. The molecule has 0 fully saturated rings. The highest BCUT2D eigenvalue weighted by molar-refractivity contribution is 6.00. The van der Waals surface area contributed by atoms with Crippen LogP contribution in [0, 0.1) is 0 Å². The van der Waals surface area contributed by atoms with Crippen molar-refractivity contribution in [2.24, 2.45) is 0 Å². The Bertz CT molecular complexity index is 962. The summed E-state index contributed by atoms with van der Waals surface area (Å²) in [6, 6.07) is 8.50. The predicted octanol–water partition coefficient (Wildman–Crippen LogP) is 3.73. The van der Waals surface area contributed by atoms with Crippen molar-refractivity contribution >= 4 is 5.91 Å². The number of phenols is 1. The van der Waals surface area contributed by atoms with Gasteiger partial charge in [-0.05, 0) is 43.2 Å². The number of amides is 1. The highest BCUT2D eigenvalue weighted by Gasteiger charge is 2.42. The Morgan fingerprint density at radius 2 is 2.19 bits per heavy atom. The molecule has 3 aromatic rings. The van der Waals surface area contributed by atoms with E-state index >= 15 is 0 Å². The quantitative estimate of drug-likeness (QED) is 0.693. The molecule has 0 saturated heterocycles. The van der Waals surface area contributed by atoms with Crippen molar-refractivity contribution in [2.75, 3.05) is 13.2 Å². The molecule has 0 spiro atoms. The zero-order chi connectivity index (χ0) is 19.0. The predicted molar refractivity (Wildman–Crippen MR) is 98.7 cm³/mol. The highest BCUT2D eigenvalue weighted by atomic mass is 16.5. The molecule has 0 radical (unpaired) electrons. The molecule has 1 aliphatic rings. The molecule has 140 valence electrons. The van der Waals surface area contributed by atoms with Crippen molar-refractivity contribution in [3.63, 3.8) is 0 Å². The number of carbonyl (C=O) groups excluding carboxylic acids is 1. The first-order valence-electron chi connectivity index (χ1n) is 9.04. The Labute approximate surface area is 156 Å². The van der Waals surface area contributed by atoms with Crippen LogP contribution in [0.25, 0.3) is 11.5 Å². The molecule has 0 bridgehead atoms. The van der Waals surface area contributed by atoms with Crippen LogP contribution in [0.1, 0.15) is 47.9 Å². The summed E-state index contributed by atoms with van der Waals surface area (Å²) in [7, 11) is 0. The molecule has 4 rings (SSSR count). The lowest BCUT2D eigenvalue weighted by atomic mass is 9.97. The fraction of sp³-hybridized carbons (Fsp3) is 0.300. The van der Waals surface area contributed by atoms with Gasteiger partial charge in [-0.1, -0.05) is 13.0 Å². The molecule has 1 aromatic carbocycles. The number of nitrogens with one attached hydrogen (secondary N) is 1. The molecule has 0 aliphatic carbocycles. The maximum absolute atomic E-state index is 13.0. The Kier molecular flexibility index (Phi) is 4.35. The maximum atomic E-state index is 13.0. The Hall–Kier alpha value is -3.22. The van der Waals surface area contributed by atoms with Gasteiger partial charge < -0.3 is 19.2 Å². The third-order valence-electron chi connectivity index (χ3n) is 4.68. The number of nitrogens with zero attached hydrogens (tertiary/aromatic N) is 2. The molecule has 1 amide bonds. The van der Waals surface area contributed by atoms with E-state index in [1.807, 2.05) is 26.0 Å². The maximum Gasteiger partial charge on any atom is 0.275 e. The number of H-pyrrole nitrogens is 1. The van der Waals surface area contributed by atoms with E-state index in [2.05, 4.69) is 10.2 Å². The van der Waals surface area contributed by atoms with Crippen molar-refractivity contribution < 1.29 is 19.1 Å². The summed E-state index contributed by atoms with van der Waals surface area (Å²) in [6.45, 7) is 4.93. The fourth-order valence-electron chi connectivity index (χ4n) is 3.59. The molecule has 0 unspecified atom stereocenters. The summed E-state index contributed by atoms with van der Waals surface area (Å²) in [4.78, 5) is 14.8. The number of furan rings is 1. The first-order valence-corrected chi connectivity index (χ1v) is 9.04. The molecule has 1 aliphatic heterocycles. The first-order chi connectivity index (χ1) is 13.2. The van der Waals surface area contributed by atoms with Crippen molar-refractivity contribution in [1.82, 2.24) is 15.1 Å². The lowest BCUT2D eigenvalue weighted by Gasteiger charge is -2.26. The van der Waals surface area contributed by atoms with Crippen LogP contribution < -0.4 is 4.74 Å². The number of rotatable bonds is 6. The van der Waals surface area contributed by atoms with Gasteiger partial charge in [0.15, 0.2) is 23.0 Å². The van der Waals surface area contributed by atoms with Crippen LogP contribution >= 0.6 is 0 Å². The highest BCUT2D eigenvalue weighted by Crippen LogP contribution is 2.44. The van der Waals surface area contributed by atoms with E-state index in [1.165, 1.54) is 0 Å². The zero-order valence-corrected chi connectivity index (χ0v) is 15.2. The number of aromatic nitrogens is 2. The SMILES string of the molecule is CCCN1C(=O)c2n[nH]c(-c3ccco3)c2[C@H]1c1ccc(O)c(OCC)c1. The molecule has 7 heteroatoms. The molecule has 7 nitrogen and oxygen atoms in total. The Morgan fingerprint density at radius 3 is 2.89 bits per heavy atom. The standard InChI is InChI=1S/C20H21N3O4/c1-3-9-23-19(12-7-8-13(24)15(11-12)26-4-2)16-17(14-6-5-10-27-14)21-22-18(16)20(23)25/h5-8,10-11,19,24H,3-4,9H2,1-2H3,(H,21,22)/t19-/m1/s1. The van der Waals surface area contributed by atoms with Crippen molar-refractivity contribution in [3.05, 3.63) is 53.4 Å². The summed E-state index contributed by atoms with van der Waals surface area (Å²) < 4.78 is 11.1.